The largest absolute Gasteiger partial charge is 0.236 e. The summed E-state index contributed by atoms with van der Waals surface area (Å²) >= 11 is 2.32. The molecule has 0 spiro atoms. The van der Waals surface area contributed by atoms with Gasteiger partial charge in [0.05, 0.1) is 11.9 Å². The lowest BCUT2D eigenvalue weighted by atomic mass is 10.3. The van der Waals surface area contributed by atoms with Crippen LogP contribution in [0.3, 0.4) is 0 Å². The maximum absolute atomic E-state index is 11.5. The van der Waals surface area contributed by atoms with E-state index in [-0.39, 0.29) is 4.21 Å². The van der Waals surface area contributed by atoms with Crippen molar-refractivity contribution < 1.29 is 8.42 Å². The minimum absolute atomic E-state index is 0.226. The summed E-state index contributed by atoms with van der Waals surface area (Å²) in [7, 11) is -3.24. The molecule has 0 aliphatic rings. The molecule has 0 saturated heterocycles. The Labute approximate surface area is 129 Å². The van der Waals surface area contributed by atoms with Crippen LogP contribution in [0.4, 0.5) is 0 Å². The van der Waals surface area contributed by atoms with Crippen LogP contribution in [-0.2, 0) is 9.84 Å². The predicted molar refractivity (Wildman–Crippen MR) is 78.5 cm³/mol. The van der Waals surface area contributed by atoms with E-state index in [4.69, 9.17) is 0 Å². The number of hydrogen-bond donors (Lipinski definition) is 0. The van der Waals surface area contributed by atoms with Gasteiger partial charge in [-0.2, -0.15) is 4.68 Å². The van der Waals surface area contributed by atoms with Gasteiger partial charge in [0, 0.05) is 6.26 Å². The number of thiazole rings is 1. The molecule has 0 aliphatic carbocycles. The Kier molecular flexibility index (Phi) is 3.74. The van der Waals surface area contributed by atoms with Gasteiger partial charge in [-0.1, -0.05) is 29.5 Å². The zero-order valence-corrected chi connectivity index (χ0v) is 13.2. The standard InChI is InChI=1S/C11H9N5O2S3/c1-21(17,18)9-7-12-11(19-9)20-10-13-14-15-16(10)8-5-3-2-4-6-8/h2-7H,1H3. The van der Waals surface area contributed by atoms with Crippen LogP contribution in [0.5, 0.6) is 0 Å². The molecule has 0 N–H and O–H groups in total. The minimum atomic E-state index is -3.24. The SMILES string of the molecule is CS(=O)(=O)c1cnc(Sc2nnnn2-c2ccccc2)s1. The maximum Gasteiger partial charge on any atom is 0.221 e. The molecule has 1 aromatic carbocycles. The first kappa shape index (κ1) is 14.2. The van der Waals surface area contributed by atoms with Gasteiger partial charge >= 0.3 is 0 Å². The highest BCUT2D eigenvalue weighted by atomic mass is 32.2. The second kappa shape index (κ2) is 5.54. The molecular formula is C11H9N5O2S3. The highest BCUT2D eigenvalue weighted by Gasteiger charge is 2.16. The fourth-order valence-electron chi connectivity index (χ4n) is 1.51. The van der Waals surface area contributed by atoms with Crippen LogP contribution in [0.2, 0.25) is 0 Å². The fourth-order valence-corrected chi connectivity index (χ4v) is 4.37. The summed E-state index contributed by atoms with van der Waals surface area (Å²) in [6.07, 6.45) is 2.50. The van der Waals surface area contributed by atoms with Crippen molar-refractivity contribution in [2.45, 2.75) is 13.7 Å². The van der Waals surface area contributed by atoms with Gasteiger partial charge in [-0.05, 0) is 34.3 Å². The molecule has 108 valence electrons. The number of tetrazole rings is 1. The van der Waals surface area contributed by atoms with Crippen LogP contribution in [0.15, 0.2) is 50.2 Å². The van der Waals surface area contributed by atoms with Crippen molar-refractivity contribution in [1.82, 2.24) is 25.2 Å². The highest BCUT2D eigenvalue weighted by molar-refractivity contribution is 8.01. The van der Waals surface area contributed by atoms with Gasteiger partial charge < -0.3 is 0 Å². The molecule has 2 heterocycles. The number of hydrogen-bond acceptors (Lipinski definition) is 8. The van der Waals surface area contributed by atoms with Crippen LogP contribution >= 0.6 is 23.1 Å². The molecule has 0 atom stereocenters. The molecule has 0 amide bonds. The van der Waals surface area contributed by atoms with Crippen LogP contribution in [0.1, 0.15) is 0 Å². The normalized spacial score (nSPS) is 11.7. The third-order valence-corrected chi connectivity index (χ3v) is 6.25. The van der Waals surface area contributed by atoms with Crippen LogP contribution in [0, 0.1) is 0 Å². The molecule has 0 aliphatic heterocycles. The van der Waals surface area contributed by atoms with Crippen molar-refractivity contribution in [3.63, 3.8) is 0 Å². The quantitative estimate of drug-likeness (QED) is 0.714. The molecule has 0 fully saturated rings. The Morgan fingerprint density at radius 1 is 1.24 bits per heavy atom. The third-order valence-electron chi connectivity index (χ3n) is 2.45. The molecule has 21 heavy (non-hydrogen) atoms. The van der Waals surface area contributed by atoms with Gasteiger partial charge in [0.25, 0.3) is 0 Å². The van der Waals surface area contributed by atoms with Crippen LogP contribution < -0.4 is 0 Å². The summed E-state index contributed by atoms with van der Waals surface area (Å²) in [6, 6.07) is 9.43. The minimum Gasteiger partial charge on any atom is -0.236 e. The van der Waals surface area contributed by atoms with E-state index >= 15 is 0 Å². The summed E-state index contributed by atoms with van der Waals surface area (Å²) in [5.41, 5.74) is 0.824. The highest BCUT2D eigenvalue weighted by Crippen LogP contribution is 2.32. The molecule has 0 bridgehead atoms. The first-order chi connectivity index (χ1) is 10.0. The number of para-hydroxylation sites is 1. The maximum atomic E-state index is 11.5. The molecule has 0 radical (unpaired) electrons. The molecular weight excluding hydrogens is 330 g/mol. The Balaban J connectivity index is 1.90. The smallest absolute Gasteiger partial charge is 0.221 e. The monoisotopic (exact) mass is 339 g/mol. The molecule has 3 rings (SSSR count). The van der Waals surface area contributed by atoms with Crippen LogP contribution in [-0.4, -0.2) is 39.9 Å². The van der Waals surface area contributed by atoms with Gasteiger partial charge in [-0.3, -0.25) is 0 Å². The number of rotatable bonds is 4. The van der Waals surface area contributed by atoms with Crippen LogP contribution in [0.25, 0.3) is 5.69 Å². The lowest BCUT2D eigenvalue weighted by Crippen LogP contribution is -1.98. The van der Waals surface area contributed by atoms with Crippen molar-refractivity contribution in [2.24, 2.45) is 0 Å². The van der Waals surface area contributed by atoms with E-state index in [2.05, 4.69) is 20.5 Å². The second-order valence-electron chi connectivity index (χ2n) is 4.03. The Morgan fingerprint density at radius 2 is 2.00 bits per heavy atom. The summed E-state index contributed by atoms with van der Waals surface area (Å²) < 4.78 is 25.3. The Bertz CT molecular complexity index is 857. The number of sulfone groups is 1. The predicted octanol–water partition coefficient (Wildman–Crippen LogP) is 1.67. The summed E-state index contributed by atoms with van der Waals surface area (Å²) in [5, 5.41) is 12.0. The van der Waals surface area contributed by atoms with E-state index in [9.17, 15) is 8.42 Å². The third kappa shape index (κ3) is 3.12. The molecule has 10 heteroatoms. The average molecular weight is 339 g/mol. The number of nitrogens with zero attached hydrogens (tertiary/aromatic N) is 5. The van der Waals surface area contributed by atoms with E-state index < -0.39 is 9.84 Å². The Morgan fingerprint density at radius 3 is 2.67 bits per heavy atom. The van der Waals surface area contributed by atoms with E-state index in [0.717, 1.165) is 23.3 Å². The number of aromatic nitrogens is 5. The molecule has 7 nitrogen and oxygen atoms in total. The fraction of sp³-hybridized carbons (Fsp3) is 0.0909. The zero-order chi connectivity index (χ0) is 14.9. The molecule has 3 aromatic rings. The zero-order valence-electron chi connectivity index (χ0n) is 10.7. The first-order valence-corrected chi connectivity index (χ1v) is 9.24. The lowest BCUT2D eigenvalue weighted by Gasteiger charge is -2.01. The van der Waals surface area contributed by atoms with E-state index in [0.29, 0.717) is 9.50 Å². The van der Waals surface area contributed by atoms with Crippen molar-refractivity contribution in [3.8, 4) is 5.69 Å². The van der Waals surface area contributed by atoms with Crippen molar-refractivity contribution >= 4 is 32.9 Å². The molecule has 0 saturated carbocycles. The average Bonchev–Trinajstić information content (AvgIpc) is 3.09. The van der Waals surface area contributed by atoms with E-state index in [1.165, 1.54) is 18.0 Å². The van der Waals surface area contributed by atoms with Gasteiger partial charge in [0.15, 0.2) is 14.2 Å². The molecule has 2 aromatic heterocycles. The van der Waals surface area contributed by atoms with E-state index in [1.807, 2.05) is 30.3 Å². The van der Waals surface area contributed by atoms with Crippen molar-refractivity contribution in [1.29, 1.82) is 0 Å². The summed E-state index contributed by atoms with van der Waals surface area (Å²) in [5.74, 6) is 0. The van der Waals surface area contributed by atoms with Gasteiger partial charge in [-0.15, -0.1) is 5.10 Å². The lowest BCUT2D eigenvalue weighted by molar-refractivity contribution is 0.603. The van der Waals surface area contributed by atoms with Gasteiger partial charge in [-0.25, -0.2) is 13.4 Å². The van der Waals surface area contributed by atoms with Crippen molar-refractivity contribution in [2.75, 3.05) is 6.26 Å². The number of benzene rings is 1. The molecule has 0 unspecified atom stereocenters. The van der Waals surface area contributed by atoms with Gasteiger partial charge in [0.1, 0.15) is 4.21 Å². The second-order valence-corrected chi connectivity index (χ2v) is 8.52. The Hall–Kier alpha value is -1.78. The topological polar surface area (TPSA) is 90.6 Å². The summed E-state index contributed by atoms with van der Waals surface area (Å²) in [6.45, 7) is 0. The van der Waals surface area contributed by atoms with E-state index in [1.54, 1.807) is 4.68 Å². The first-order valence-electron chi connectivity index (χ1n) is 5.71. The summed E-state index contributed by atoms with van der Waals surface area (Å²) in [4.78, 5) is 4.09. The van der Waals surface area contributed by atoms with Crippen molar-refractivity contribution in [3.05, 3.63) is 36.5 Å². The van der Waals surface area contributed by atoms with Gasteiger partial charge in [0.2, 0.25) is 5.16 Å².